The number of rotatable bonds is 7. The van der Waals surface area contributed by atoms with Crippen LogP contribution in [0.4, 0.5) is 4.79 Å². The van der Waals surface area contributed by atoms with Gasteiger partial charge in [-0.1, -0.05) is 19.3 Å². The highest BCUT2D eigenvalue weighted by molar-refractivity contribution is 7.99. The van der Waals surface area contributed by atoms with E-state index in [2.05, 4.69) is 16.0 Å². The van der Waals surface area contributed by atoms with Crippen LogP contribution in [-0.2, 0) is 9.59 Å². The van der Waals surface area contributed by atoms with Crippen LogP contribution in [0.15, 0.2) is 0 Å². The summed E-state index contributed by atoms with van der Waals surface area (Å²) in [5.41, 5.74) is -1.12. The van der Waals surface area contributed by atoms with Gasteiger partial charge in [-0.05, 0) is 43.6 Å². The molecule has 0 atom stereocenters. The predicted molar refractivity (Wildman–Crippen MR) is 97.7 cm³/mol. The Morgan fingerprint density at radius 1 is 1.08 bits per heavy atom. The van der Waals surface area contributed by atoms with Crippen molar-refractivity contribution in [1.82, 2.24) is 16.0 Å². The number of nitrogens with one attached hydrogen (secondary N) is 3. The van der Waals surface area contributed by atoms with Crippen molar-refractivity contribution in [2.24, 2.45) is 0 Å². The number of carbonyl (C=O) groups is 3. The third kappa shape index (κ3) is 6.41. The molecule has 8 heteroatoms. The van der Waals surface area contributed by atoms with Gasteiger partial charge in [0.15, 0.2) is 0 Å². The van der Waals surface area contributed by atoms with E-state index >= 15 is 0 Å². The molecular formula is C17H29N3O4S. The van der Waals surface area contributed by atoms with Crippen molar-refractivity contribution in [3.63, 3.8) is 0 Å². The van der Waals surface area contributed by atoms with Gasteiger partial charge in [0.2, 0.25) is 5.91 Å². The maximum atomic E-state index is 12.1. The molecule has 0 radical (unpaired) electrons. The summed E-state index contributed by atoms with van der Waals surface area (Å²) in [7, 11) is 0. The Morgan fingerprint density at radius 2 is 1.76 bits per heavy atom. The van der Waals surface area contributed by atoms with E-state index in [0.29, 0.717) is 25.8 Å². The van der Waals surface area contributed by atoms with Gasteiger partial charge in [-0.3, -0.25) is 4.79 Å². The average Bonchev–Trinajstić information content (AvgIpc) is 2.60. The summed E-state index contributed by atoms with van der Waals surface area (Å²) in [6.45, 7) is 0.405. The number of carboxylic acid groups (broad SMARTS) is 1. The SMILES string of the molecule is O=C(CCCNC(=O)NC1CCCCC1)NC1(C(=O)O)CCSCC1. The summed E-state index contributed by atoms with van der Waals surface area (Å²) < 4.78 is 0. The molecule has 0 unspecified atom stereocenters. The second-order valence-corrected chi connectivity index (χ2v) is 8.11. The average molecular weight is 372 g/mol. The van der Waals surface area contributed by atoms with Crippen LogP contribution in [0.1, 0.15) is 57.8 Å². The van der Waals surface area contributed by atoms with Crippen molar-refractivity contribution in [3.8, 4) is 0 Å². The Balaban J connectivity index is 1.62. The number of aliphatic carboxylic acids is 1. The molecule has 0 aromatic carbocycles. The molecule has 0 bridgehead atoms. The standard InChI is InChI=1S/C17H29N3O4S/c21-14(20-17(15(22)23)8-11-25-12-9-17)7-4-10-18-16(24)19-13-5-2-1-3-6-13/h13H,1-12H2,(H,20,21)(H,22,23)(H2,18,19,24). The van der Waals surface area contributed by atoms with Gasteiger partial charge in [0.05, 0.1) is 0 Å². The van der Waals surface area contributed by atoms with Gasteiger partial charge < -0.3 is 21.1 Å². The quantitative estimate of drug-likeness (QED) is 0.511. The van der Waals surface area contributed by atoms with E-state index in [1.165, 1.54) is 6.42 Å². The summed E-state index contributed by atoms with van der Waals surface area (Å²) in [6.07, 6.45) is 7.26. The fourth-order valence-electron chi connectivity index (χ4n) is 3.38. The maximum Gasteiger partial charge on any atom is 0.329 e. The van der Waals surface area contributed by atoms with Crippen molar-refractivity contribution in [3.05, 3.63) is 0 Å². The van der Waals surface area contributed by atoms with Crippen LogP contribution in [0.3, 0.4) is 0 Å². The third-order valence-electron chi connectivity index (χ3n) is 4.94. The monoisotopic (exact) mass is 371 g/mol. The van der Waals surface area contributed by atoms with Crippen LogP contribution in [0.5, 0.6) is 0 Å². The van der Waals surface area contributed by atoms with Gasteiger partial charge in [0.1, 0.15) is 5.54 Å². The minimum absolute atomic E-state index is 0.182. The molecule has 2 rings (SSSR count). The summed E-state index contributed by atoms with van der Waals surface area (Å²) in [4.78, 5) is 35.4. The Kier molecular flexibility index (Phi) is 7.87. The van der Waals surface area contributed by atoms with Crippen LogP contribution in [-0.4, -0.2) is 52.6 Å². The predicted octanol–water partition coefficient (Wildman–Crippen LogP) is 1.87. The number of urea groups is 1. The van der Waals surface area contributed by atoms with Crippen LogP contribution < -0.4 is 16.0 Å². The molecule has 142 valence electrons. The zero-order valence-electron chi connectivity index (χ0n) is 14.6. The van der Waals surface area contributed by atoms with E-state index in [9.17, 15) is 19.5 Å². The highest BCUT2D eigenvalue weighted by atomic mass is 32.2. The molecule has 3 amide bonds. The molecule has 0 aromatic rings. The summed E-state index contributed by atoms with van der Waals surface area (Å²) in [5, 5.41) is 17.9. The number of carbonyl (C=O) groups excluding carboxylic acids is 2. The number of hydrogen-bond acceptors (Lipinski definition) is 4. The molecular weight excluding hydrogens is 342 g/mol. The molecule has 1 aliphatic heterocycles. The molecule has 2 fully saturated rings. The zero-order chi connectivity index (χ0) is 18.1. The number of carboxylic acids is 1. The Hall–Kier alpha value is -1.44. The number of amides is 3. The fourth-order valence-corrected chi connectivity index (χ4v) is 4.57. The summed E-state index contributed by atoms with van der Waals surface area (Å²) >= 11 is 1.71. The highest BCUT2D eigenvalue weighted by Gasteiger charge is 2.41. The second-order valence-electron chi connectivity index (χ2n) is 6.89. The first kappa shape index (κ1) is 19.9. The number of thioether (sulfide) groups is 1. The van der Waals surface area contributed by atoms with Gasteiger partial charge in [-0.2, -0.15) is 11.8 Å². The van der Waals surface area contributed by atoms with Crippen LogP contribution in [0.25, 0.3) is 0 Å². The van der Waals surface area contributed by atoms with Crippen molar-refractivity contribution in [1.29, 1.82) is 0 Å². The summed E-state index contributed by atoms with van der Waals surface area (Å²) in [6, 6.07) is 0.0789. The first-order valence-electron chi connectivity index (χ1n) is 9.18. The van der Waals surface area contributed by atoms with Crippen molar-refractivity contribution < 1.29 is 19.5 Å². The molecule has 1 saturated heterocycles. The maximum absolute atomic E-state index is 12.1. The first-order valence-corrected chi connectivity index (χ1v) is 10.3. The van der Waals surface area contributed by atoms with E-state index in [1.807, 2.05) is 0 Å². The lowest BCUT2D eigenvalue weighted by Crippen LogP contribution is -2.56. The van der Waals surface area contributed by atoms with Crippen molar-refractivity contribution in [2.45, 2.75) is 69.4 Å². The molecule has 1 aliphatic carbocycles. The van der Waals surface area contributed by atoms with E-state index in [-0.39, 0.29) is 24.4 Å². The third-order valence-corrected chi connectivity index (χ3v) is 5.93. The molecule has 1 saturated carbocycles. The lowest BCUT2D eigenvalue weighted by atomic mass is 9.92. The molecule has 4 N–H and O–H groups in total. The van der Waals surface area contributed by atoms with E-state index in [1.54, 1.807) is 11.8 Å². The zero-order valence-corrected chi connectivity index (χ0v) is 15.5. The Labute approximate surface area is 153 Å². The second kappa shape index (κ2) is 9.89. The first-order chi connectivity index (χ1) is 12.0. The smallest absolute Gasteiger partial charge is 0.329 e. The molecule has 1 heterocycles. The van der Waals surface area contributed by atoms with Gasteiger partial charge in [-0.25, -0.2) is 9.59 Å². The van der Waals surface area contributed by atoms with E-state index in [4.69, 9.17) is 0 Å². The highest BCUT2D eigenvalue weighted by Crippen LogP contribution is 2.27. The van der Waals surface area contributed by atoms with Gasteiger partial charge in [-0.15, -0.1) is 0 Å². The minimum atomic E-state index is -1.12. The fraction of sp³-hybridized carbons (Fsp3) is 0.824. The normalized spacial score (nSPS) is 20.5. The lowest BCUT2D eigenvalue weighted by Gasteiger charge is -2.33. The molecule has 0 aromatic heterocycles. The van der Waals surface area contributed by atoms with Crippen LogP contribution >= 0.6 is 11.8 Å². The van der Waals surface area contributed by atoms with Gasteiger partial charge in [0.25, 0.3) is 0 Å². The topological polar surface area (TPSA) is 108 Å². The van der Waals surface area contributed by atoms with Crippen molar-refractivity contribution >= 4 is 29.7 Å². The van der Waals surface area contributed by atoms with Crippen LogP contribution in [0.2, 0.25) is 0 Å². The van der Waals surface area contributed by atoms with Gasteiger partial charge in [0, 0.05) is 19.0 Å². The summed E-state index contributed by atoms with van der Waals surface area (Å²) in [5.74, 6) is 0.278. The number of hydrogen-bond donors (Lipinski definition) is 4. The van der Waals surface area contributed by atoms with E-state index in [0.717, 1.165) is 37.2 Å². The largest absolute Gasteiger partial charge is 0.480 e. The van der Waals surface area contributed by atoms with Crippen LogP contribution in [0, 0.1) is 0 Å². The minimum Gasteiger partial charge on any atom is -0.480 e. The van der Waals surface area contributed by atoms with E-state index < -0.39 is 11.5 Å². The molecule has 7 nitrogen and oxygen atoms in total. The molecule has 0 spiro atoms. The Morgan fingerprint density at radius 3 is 2.40 bits per heavy atom. The molecule has 25 heavy (non-hydrogen) atoms. The van der Waals surface area contributed by atoms with Crippen molar-refractivity contribution in [2.75, 3.05) is 18.1 Å². The lowest BCUT2D eigenvalue weighted by molar-refractivity contribution is -0.148. The Bertz CT molecular complexity index is 475. The molecule has 2 aliphatic rings. The van der Waals surface area contributed by atoms with Gasteiger partial charge >= 0.3 is 12.0 Å².